The number of benzene rings is 1. The average molecular weight is 343 g/mol. The van der Waals surface area contributed by atoms with E-state index in [1.165, 1.54) is 16.0 Å². The first-order valence-corrected chi connectivity index (χ1v) is 9.12. The van der Waals surface area contributed by atoms with Crippen LogP contribution in [0.25, 0.3) is 0 Å². The topological polar surface area (TPSA) is 53.1 Å². The highest BCUT2D eigenvalue weighted by Gasteiger charge is 2.56. The zero-order valence-electron chi connectivity index (χ0n) is 15.0. The number of carbonyl (C=O) groups excluding carboxylic acids is 2. The van der Waals surface area contributed by atoms with Crippen molar-refractivity contribution < 1.29 is 14.3 Å². The van der Waals surface area contributed by atoms with Gasteiger partial charge in [0.1, 0.15) is 11.3 Å². The van der Waals surface area contributed by atoms with Crippen molar-refractivity contribution in [2.24, 2.45) is 0 Å². The van der Waals surface area contributed by atoms with E-state index in [4.69, 9.17) is 4.74 Å². The van der Waals surface area contributed by atoms with Gasteiger partial charge < -0.3 is 9.64 Å². The Balaban J connectivity index is 1.45. The Bertz CT molecular complexity index is 710. The fraction of sp³-hybridized carbons (Fsp3) is 0.579. The predicted molar refractivity (Wildman–Crippen MR) is 93.4 cm³/mol. The lowest BCUT2D eigenvalue weighted by atomic mass is 9.85. The van der Waals surface area contributed by atoms with Gasteiger partial charge in [-0.05, 0) is 37.0 Å². The Morgan fingerprint density at radius 1 is 1.20 bits per heavy atom. The van der Waals surface area contributed by atoms with Crippen molar-refractivity contribution in [1.82, 2.24) is 14.7 Å². The molecule has 3 aliphatic rings. The van der Waals surface area contributed by atoms with Crippen molar-refractivity contribution >= 4 is 11.9 Å². The summed E-state index contributed by atoms with van der Waals surface area (Å²) in [6, 6.07) is 6.28. The van der Waals surface area contributed by atoms with Gasteiger partial charge in [-0.15, -0.1) is 0 Å². The first kappa shape index (κ1) is 16.4. The molecule has 0 radical (unpaired) electrons. The smallest absolute Gasteiger partial charge is 0.327 e. The van der Waals surface area contributed by atoms with Crippen LogP contribution < -0.4 is 4.74 Å². The van der Waals surface area contributed by atoms with Gasteiger partial charge in [0.2, 0.25) is 0 Å². The van der Waals surface area contributed by atoms with Crippen molar-refractivity contribution in [3.63, 3.8) is 0 Å². The normalized spacial score (nSPS) is 22.6. The summed E-state index contributed by atoms with van der Waals surface area (Å²) in [5.41, 5.74) is 1.96. The van der Waals surface area contributed by atoms with Gasteiger partial charge in [-0.2, -0.15) is 0 Å². The van der Waals surface area contributed by atoms with Crippen molar-refractivity contribution in [2.45, 2.75) is 38.3 Å². The highest BCUT2D eigenvalue weighted by molar-refractivity contribution is 6.06. The molecule has 0 aromatic heterocycles. The molecule has 0 saturated carbocycles. The molecule has 0 N–H and O–H groups in total. The maximum atomic E-state index is 12.7. The quantitative estimate of drug-likeness (QED) is 0.786. The van der Waals surface area contributed by atoms with Crippen LogP contribution in [0.3, 0.4) is 0 Å². The van der Waals surface area contributed by atoms with Gasteiger partial charge in [0.15, 0.2) is 0 Å². The summed E-state index contributed by atoms with van der Waals surface area (Å²) in [5, 5.41) is 0. The molecule has 0 bridgehead atoms. The number of nitrogens with zero attached hydrogens (tertiary/aromatic N) is 3. The molecule has 4 rings (SSSR count). The highest BCUT2D eigenvalue weighted by Crippen LogP contribution is 2.37. The second-order valence-electron chi connectivity index (χ2n) is 7.24. The molecule has 0 aliphatic carbocycles. The van der Waals surface area contributed by atoms with E-state index in [9.17, 15) is 9.59 Å². The van der Waals surface area contributed by atoms with Crippen LogP contribution in [0, 0.1) is 0 Å². The van der Waals surface area contributed by atoms with Crippen molar-refractivity contribution in [3.05, 3.63) is 29.3 Å². The predicted octanol–water partition coefficient (Wildman–Crippen LogP) is 1.87. The van der Waals surface area contributed by atoms with Crippen LogP contribution in [-0.2, 0) is 17.8 Å². The van der Waals surface area contributed by atoms with Crippen molar-refractivity contribution in [2.75, 3.05) is 33.3 Å². The molecular weight excluding hydrogens is 318 g/mol. The number of likely N-dealkylation sites (tertiary alicyclic amines) is 1. The molecule has 6 heteroatoms. The Kier molecular flexibility index (Phi) is 3.95. The number of piperidine rings is 1. The fourth-order valence-corrected chi connectivity index (χ4v) is 4.48. The lowest BCUT2D eigenvalue weighted by molar-refractivity contribution is -0.134. The molecule has 0 unspecified atom stereocenters. The zero-order chi connectivity index (χ0) is 17.6. The summed E-state index contributed by atoms with van der Waals surface area (Å²) < 4.78 is 5.57. The second kappa shape index (κ2) is 6.02. The molecule has 1 aromatic rings. The second-order valence-corrected chi connectivity index (χ2v) is 7.24. The van der Waals surface area contributed by atoms with Gasteiger partial charge >= 0.3 is 6.03 Å². The van der Waals surface area contributed by atoms with Crippen LogP contribution in [0.5, 0.6) is 5.75 Å². The van der Waals surface area contributed by atoms with Crippen molar-refractivity contribution in [3.8, 4) is 5.75 Å². The fourth-order valence-electron chi connectivity index (χ4n) is 4.48. The zero-order valence-corrected chi connectivity index (χ0v) is 15.0. The molecule has 1 spiro atoms. The molecule has 3 aliphatic heterocycles. The number of imide groups is 1. The molecule has 25 heavy (non-hydrogen) atoms. The van der Waals surface area contributed by atoms with Crippen LogP contribution in [-0.4, -0.2) is 65.5 Å². The molecule has 6 nitrogen and oxygen atoms in total. The third-order valence-corrected chi connectivity index (χ3v) is 5.90. The van der Waals surface area contributed by atoms with E-state index < -0.39 is 5.54 Å². The molecule has 134 valence electrons. The lowest BCUT2D eigenvalue weighted by Crippen LogP contribution is -2.56. The van der Waals surface area contributed by atoms with Gasteiger partial charge in [-0.25, -0.2) is 4.79 Å². The first-order valence-electron chi connectivity index (χ1n) is 9.12. The van der Waals surface area contributed by atoms with E-state index in [1.54, 1.807) is 11.9 Å². The molecule has 0 atom stereocenters. The number of fused-ring (bicyclic) bond motifs is 1. The van der Waals surface area contributed by atoms with E-state index in [2.05, 4.69) is 23.1 Å². The first-order chi connectivity index (χ1) is 12.0. The Morgan fingerprint density at radius 2 is 1.96 bits per heavy atom. The van der Waals surface area contributed by atoms with Gasteiger partial charge in [0, 0.05) is 39.6 Å². The van der Waals surface area contributed by atoms with Crippen LogP contribution >= 0.6 is 0 Å². The number of urea groups is 1. The van der Waals surface area contributed by atoms with E-state index >= 15 is 0 Å². The highest BCUT2D eigenvalue weighted by atomic mass is 16.5. The number of hydrogen-bond acceptors (Lipinski definition) is 4. The summed E-state index contributed by atoms with van der Waals surface area (Å²) in [5.74, 6) is 0.978. The van der Waals surface area contributed by atoms with E-state index in [0.29, 0.717) is 19.4 Å². The van der Waals surface area contributed by atoms with E-state index in [0.717, 1.165) is 38.4 Å². The third-order valence-electron chi connectivity index (χ3n) is 5.90. The van der Waals surface area contributed by atoms with Crippen LogP contribution in [0.15, 0.2) is 18.2 Å². The Labute approximate surface area is 148 Å². The largest absolute Gasteiger partial charge is 0.493 e. The van der Waals surface area contributed by atoms with Crippen LogP contribution in [0.2, 0.25) is 0 Å². The number of rotatable bonds is 3. The molecule has 3 heterocycles. The van der Waals surface area contributed by atoms with E-state index in [1.807, 2.05) is 6.92 Å². The number of hydrogen-bond donors (Lipinski definition) is 0. The number of ether oxygens (including phenoxy) is 1. The van der Waals surface area contributed by atoms with Crippen molar-refractivity contribution in [1.29, 1.82) is 0 Å². The minimum absolute atomic E-state index is 0.0336. The summed E-state index contributed by atoms with van der Waals surface area (Å²) in [4.78, 5) is 30.4. The van der Waals surface area contributed by atoms with Gasteiger partial charge in [-0.1, -0.05) is 12.1 Å². The maximum Gasteiger partial charge on any atom is 0.327 e. The molecule has 2 saturated heterocycles. The summed E-state index contributed by atoms with van der Waals surface area (Å²) in [7, 11) is 1.60. The number of likely N-dealkylation sites (N-methyl/N-ethyl adjacent to an activating group) is 2. The Hall–Kier alpha value is -2.08. The Morgan fingerprint density at radius 3 is 2.68 bits per heavy atom. The monoisotopic (exact) mass is 343 g/mol. The SMILES string of the molecule is CCN1C(=O)N(C)C(=O)C12CCN(Cc1ccc3c(c1)CCO3)CC2. The van der Waals surface area contributed by atoms with E-state index in [-0.39, 0.29) is 11.9 Å². The minimum atomic E-state index is -0.622. The van der Waals surface area contributed by atoms with Gasteiger partial charge in [0.05, 0.1) is 6.61 Å². The van der Waals surface area contributed by atoms with Crippen LogP contribution in [0.4, 0.5) is 4.79 Å². The minimum Gasteiger partial charge on any atom is -0.493 e. The molecular formula is C19H25N3O3. The average Bonchev–Trinajstić information content (AvgIpc) is 3.15. The maximum absolute atomic E-state index is 12.7. The molecule has 2 fully saturated rings. The summed E-state index contributed by atoms with van der Waals surface area (Å²) in [6.45, 7) is 5.85. The molecule has 3 amide bonds. The molecule has 1 aromatic carbocycles. The number of amides is 3. The lowest BCUT2D eigenvalue weighted by Gasteiger charge is -2.42. The van der Waals surface area contributed by atoms with Crippen LogP contribution in [0.1, 0.15) is 30.9 Å². The van der Waals surface area contributed by atoms with Gasteiger partial charge in [-0.3, -0.25) is 14.6 Å². The standard InChI is InChI=1S/C19H25N3O3/c1-3-22-18(24)20(2)17(23)19(22)7-9-21(10-8-19)13-14-4-5-16-15(12-14)6-11-25-16/h4-5,12H,3,6-11,13H2,1-2H3. The third kappa shape index (κ3) is 2.51. The number of carbonyl (C=O) groups is 2. The summed E-state index contributed by atoms with van der Waals surface area (Å²) in [6.07, 6.45) is 2.41. The summed E-state index contributed by atoms with van der Waals surface area (Å²) >= 11 is 0. The van der Waals surface area contributed by atoms with Gasteiger partial charge in [0.25, 0.3) is 5.91 Å².